The number of hydrogen-bond acceptors (Lipinski definition) is 2. The molecule has 2 nitrogen and oxygen atoms in total. The van der Waals surface area contributed by atoms with Gasteiger partial charge in [0.05, 0.1) is 0 Å². The van der Waals surface area contributed by atoms with Crippen LogP contribution in [-0.4, -0.2) is 6.54 Å². The summed E-state index contributed by atoms with van der Waals surface area (Å²) in [6.07, 6.45) is 2.67. The predicted molar refractivity (Wildman–Crippen MR) is 40.8 cm³/mol. The minimum atomic E-state index is 0.560. The standard InChI is InChI=1S/C7H16N2/c1-6(4-8)3-7(2)5-9/h4,7H,3,5,8-9H2,1-2H3. The maximum Gasteiger partial charge on any atom is -0.00484 e. The average Bonchev–Trinajstić information content (AvgIpc) is 1.87. The molecule has 0 amide bonds. The van der Waals surface area contributed by atoms with Crippen LogP contribution in [0.1, 0.15) is 20.3 Å². The summed E-state index contributed by atoms with van der Waals surface area (Å²) >= 11 is 0. The number of hydrogen-bond donors (Lipinski definition) is 2. The third-order valence-corrected chi connectivity index (χ3v) is 1.36. The molecule has 0 fully saturated rings. The van der Waals surface area contributed by atoms with Crippen LogP contribution in [0, 0.1) is 5.92 Å². The summed E-state index contributed by atoms with van der Waals surface area (Å²) in [5.41, 5.74) is 11.9. The summed E-state index contributed by atoms with van der Waals surface area (Å²) in [5, 5.41) is 0. The molecule has 9 heavy (non-hydrogen) atoms. The van der Waals surface area contributed by atoms with Crippen LogP contribution < -0.4 is 11.5 Å². The molecule has 4 N–H and O–H groups in total. The zero-order chi connectivity index (χ0) is 7.28. The van der Waals surface area contributed by atoms with Gasteiger partial charge in [0, 0.05) is 0 Å². The van der Waals surface area contributed by atoms with Crippen LogP contribution in [0.4, 0.5) is 0 Å². The Labute approximate surface area is 56.9 Å². The van der Waals surface area contributed by atoms with E-state index >= 15 is 0 Å². The fraction of sp³-hybridized carbons (Fsp3) is 0.714. The van der Waals surface area contributed by atoms with Crippen molar-refractivity contribution in [1.82, 2.24) is 0 Å². The minimum absolute atomic E-state index is 0.560. The summed E-state index contributed by atoms with van der Waals surface area (Å²) in [6, 6.07) is 0. The van der Waals surface area contributed by atoms with Crippen molar-refractivity contribution in [3.05, 3.63) is 11.8 Å². The van der Waals surface area contributed by atoms with Gasteiger partial charge in [-0.05, 0) is 32.0 Å². The minimum Gasteiger partial charge on any atom is -0.405 e. The van der Waals surface area contributed by atoms with Gasteiger partial charge < -0.3 is 11.5 Å². The van der Waals surface area contributed by atoms with Gasteiger partial charge in [-0.2, -0.15) is 0 Å². The van der Waals surface area contributed by atoms with Gasteiger partial charge in [0.1, 0.15) is 0 Å². The molecule has 0 heterocycles. The topological polar surface area (TPSA) is 52.0 Å². The molecule has 0 aliphatic rings. The van der Waals surface area contributed by atoms with E-state index in [1.807, 2.05) is 6.92 Å². The molecule has 0 aliphatic heterocycles. The number of allylic oxidation sites excluding steroid dienone is 1. The number of rotatable bonds is 3. The van der Waals surface area contributed by atoms with E-state index in [-0.39, 0.29) is 0 Å². The number of nitrogens with two attached hydrogens (primary N) is 2. The molecule has 54 valence electrons. The van der Waals surface area contributed by atoms with Crippen molar-refractivity contribution < 1.29 is 0 Å². The first-order valence-corrected chi connectivity index (χ1v) is 3.28. The second kappa shape index (κ2) is 4.39. The normalized spacial score (nSPS) is 15.7. The lowest BCUT2D eigenvalue weighted by Gasteiger charge is -2.06. The van der Waals surface area contributed by atoms with Crippen LogP contribution in [0.25, 0.3) is 0 Å². The highest BCUT2D eigenvalue weighted by Crippen LogP contribution is 2.06. The molecule has 0 aromatic heterocycles. The Bertz CT molecular complexity index is 97.1. The molecule has 0 aliphatic carbocycles. The summed E-state index contributed by atoms with van der Waals surface area (Å²) in [5.74, 6) is 0.560. The summed E-state index contributed by atoms with van der Waals surface area (Å²) in [6.45, 7) is 4.88. The van der Waals surface area contributed by atoms with Crippen molar-refractivity contribution >= 4 is 0 Å². The molecule has 1 atom stereocenters. The Morgan fingerprint density at radius 1 is 1.67 bits per heavy atom. The molecular formula is C7H16N2. The van der Waals surface area contributed by atoms with E-state index in [4.69, 9.17) is 11.5 Å². The van der Waals surface area contributed by atoms with Crippen LogP contribution in [-0.2, 0) is 0 Å². The molecule has 2 heteroatoms. The lowest BCUT2D eigenvalue weighted by atomic mass is 10.0. The van der Waals surface area contributed by atoms with Crippen molar-refractivity contribution in [2.45, 2.75) is 20.3 Å². The first kappa shape index (κ1) is 8.50. The van der Waals surface area contributed by atoms with E-state index in [1.165, 1.54) is 5.57 Å². The van der Waals surface area contributed by atoms with E-state index in [2.05, 4.69) is 6.92 Å². The quantitative estimate of drug-likeness (QED) is 0.591. The molecule has 0 radical (unpaired) electrons. The zero-order valence-electron chi connectivity index (χ0n) is 6.22. The molecule has 0 saturated carbocycles. The Morgan fingerprint density at radius 2 is 2.22 bits per heavy atom. The van der Waals surface area contributed by atoms with Crippen molar-refractivity contribution in [2.75, 3.05) is 6.54 Å². The van der Waals surface area contributed by atoms with Gasteiger partial charge in [-0.25, -0.2) is 0 Å². The highest BCUT2D eigenvalue weighted by Gasteiger charge is 1.97. The SMILES string of the molecule is CC(=CN)CC(C)CN. The van der Waals surface area contributed by atoms with Gasteiger partial charge in [0.15, 0.2) is 0 Å². The zero-order valence-corrected chi connectivity index (χ0v) is 6.22. The van der Waals surface area contributed by atoms with Crippen LogP contribution in [0.5, 0.6) is 0 Å². The molecule has 0 aromatic carbocycles. The molecule has 0 spiro atoms. The third-order valence-electron chi connectivity index (χ3n) is 1.36. The van der Waals surface area contributed by atoms with Gasteiger partial charge in [-0.1, -0.05) is 12.5 Å². The van der Waals surface area contributed by atoms with E-state index in [1.54, 1.807) is 6.20 Å². The molecule has 0 aromatic rings. The molecule has 0 bridgehead atoms. The summed E-state index contributed by atoms with van der Waals surface area (Å²) in [7, 11) is 0. The average molecular weight is 128 g/mol. The van der Waals surface area contributed by atoms with Crippen LogP contribution in [0.15, 0.2) is 11.8 Å². The monoisotopic (exact) mass is 128 g/mol. The Kier molecular flexibility index (Phi) is 4.14. The lowest BCUT2D eigenvalue weighted by molar-refractivity contribution is 0.589. The second-order valence-corrected chi connectivity index (χ2v) is 2.56. The summed E-state index contributed by atoms with van der Waals surface area (Å²) in [4.78, 5) is 0. The Morgan fingerprint density at radius 3 is 2.56 bits per heavy atom. The lowest BCUT2D eigenvalue weighted by Crippen LogP contribution is -2.10. The third kappa shape index (κ3) is 4.03. The molecular weight excluding hydrogens is 112 g/mol. The van der Waals surface area contributed by atoms with E-state index in [0.29, 0.717) is 5.92 Å². The van der Waals surface area contributed by atoms with E-state index in [0.717, 1.165) is 13.0 Å². The van der Waals surface area contributed by atoms with Crippen molar-refractivity contribution in [3.63, 3.8) is 0 Å². The second-order valence-electron chi connectivity index (χ2n) is 2.56. The van der Waals surface area contributed by atoms with Crippen molar-refractivity contribution in [2.24, 2.45) is 17.4 Å². The van der Waals surface area contributed by atoms with Crippen LogP contribution in [0.2, 0.25) is 0 Å². The van der Waals surface area contributed by atoms with E-state index < -0.39 is 0 Å². The van der Waals surface area contributed by atoms with Gasteiger partial charge in [-0.3, -0.25) is 0 Å². The van der Waals surface area contributed by atoms with Crippen molar-refractivity contribution in [3.8, 4) is 0 Å². The van der Waals surface area contributed by atoms with Gasteiger partial charge >= 0.3 is 0 Å². The first-order valence-electron chi connectivity index (χ1n) is 3.28. The highest BCUT2D eigenvalue weighted by atomic mass is 14.5. The predicted octanol–water partition coefficient (Wildman–Crippen LogP) is 0.834. The Balaban J connectivity index is 3.47. The molecule has 1 unspecified atom stereocenters. The van der Waals surface area contributed by atoms with E-state index in [9.17, 15) is 0 Å². The first-order chi connectivity index (χ1) is 4.20. The molecule has 0 saturated heterocycles. The largest absolute Gasteiger partial charge is 0.405 e. The van der Waals surface area contributed by atoms with Gasteiger partial charge in [-0.15, -0.1) is 0 Å². The maximum atomic E-state index is 5.41. The smallest absolute Gasteiger partial charge is 0.00484 e. The highest BCUT2D eigenvalue weighted by molar-refractivity contribution is 4.95. The molecule has 0 rings (SSSR count). The van der Waals surface area contributed by atoms with Gasteiger partial charge in [0.25, 0.3) is 0 Å². The van der Waals surface area contributed by atoms with Gasteiger partial charge in [0.2, 0.25) is 0 Å². The summed E-state index contributed by atoms with van der Waals surface area (Å²) < 4.78 is 0. The fourth-order valence-electron chi connectivity index (χ4n) is 0.701. The fourth-order valence-corrected chi connectivity index (χ4v) is 0.701. The van der Waals surface area contributed by atoms with Crippen molar-refractivity contribution in [1.29, 1.82) is 0 Å². The van der Waals surface area contributed by atoms with Crippen LogP contribution >= 0.6 is 0 Å². The Hall–Kier alpha value is -0.500. The van der Waals surface area contributed by atoms with Crippen LogP contribution in [0.3, 0.4) is 0 Å². The maximum absolute atomic E-state index is 5.41.